The zero-order valence-corrected chi connectivity index (χ0v) is 11.8. The number of nitrogens with two attached hydrogens (primary N) is 1. The Labute approximate surface area is 120 Å². The van der Waals surface area contributed by atoms with Crippen molar-refractivity contribution in [3.63, 3.8) is 0 Å². The van der Waals surface area contributed by atoms with Gasteiger partial charge < -0.3 is 10.3 Å². The van der Waals surface area contributed by atoms with Crippen molar-refractivity contribution < 1.29 is 9.32 Å². The first-order valence-electron chi connectivity index (χ1n) is 6.52. The Morgan fingerprint density at radius 3 is 3.00 bits per heavy atom. The van der Waals surface area contributed by atoms with Crippen molar-refractivity contribution in [2.24, 2.45) is 5.73 Å². The van der Waals surface area contributed by atoms with Gasteiger partial charge in [0.2, 0.25) is 11.8 Å². The topological polar surface area (TPSA) is 111 Å². The summed E-state index contributed by atoms with van der Waals surface area (Å²) >= 11 is 0. The molecule has 0 aliphatic carbocycles. The van der Waals surface area contributed by atoms with Gasteiger partial charge in [0.05, 0.1) is 11.7 Å². The maximum Gasteiger partial charge on any atom is 0.241 e. The Hall–Kier alpha value is -2.70. The molecule has 2 aromatic heterocycles. The lowest BCUT2D eigenvalue weighted by atomic mass is 9.93. The number of carbonyl (C=O) groups excluding carboxylic acids is 1. The number of aromatic amines is 1. The molecule has 1 amide bonds. The summed E-state index contributed by atoms with van der Waals surface area (Å²) in [5, 5.41) is 11.8. The number of benzene rings is 1. The number of amides is 1. The lowest BCUT2D eigenvalue weighted by molar-refractivity contribution is -0.123. The minimum Gasteiger partial charge on any atom is -0.369 e. The number of hydrogen-bond donors (Lipinski definition) is 2. The first kappa shape index (κ1) is 13.3. The number of rotatable bonds is 4. The molecule has 0 aliphatic heterocycles. The molecular formula is C14H15N5O2. The van der Waals surface area contributed by atoms with E-state index >= 15 is 0 Å². The van der Waals surface area contributed by atoms with Gasteiger partial charge in [-0.3, -0.25) is 9.89 Å². The lowest BCUT2D eigenvalue weighted by Crippen LogP contribution is -2.35. The molecule has 1 aromatic carbocycles. The van der Waals surface area contributed by atoms with Crippen molar-refractivity contribution >= 4 is 16.8 Å². The van der Waals surface area contributed by atoms with Crippen molar-refractivity contribution in [1.29, 1.82) is 0 Å². The number of nitrogens with one attached hydrogen (secondary N) is 1. The minimum atomic E-state index is -0.974. The summed E-state index contributed by atoms with van der Waals surface area (Å²) in [5.41, 5.74) is 6.34. The van der Waals surface area contributed by atoms with Gasteiger partial charge in [-0.05, 0) is 25.5 Å². The Kier molecular flexibility index (Phi) is 2.97. The highest BCUT2D eigenvalue weighted by atomic mass is 16.5. The van der Waals surface area contributed by atoms with Gasteiger partial charge in [0.1, 0.15) is 5.41 Å². The van der Waals surface area contributed by atoms with Crippen LogP contribution in [0.5, 0.6) is 0 Å². The SMILES string of the molecule is CC(C)(C(N)=O)c1nc(Cc2ccc3cn[nH]c3c2)no1. The molecule has 0 atom stereocenters. The second-order valence-electron chi connectivity index (χ2n) is 5.47. The standard InChI is InChI=1S/C14H15N5O2/c1-14(2,12(15)20)13-17-11(19-21-13)6-8-3-4-9-7-16-18-10(9)5-8/h3-5,7H,6H2,1-2H3,(H2,15,20)(H,16,18). The van der Waals surface area contributed by atoms with Crippen LogP contribution in [0.1, 0.15) is 31.1 Å². The van der Waals surface area contributed by atoms with Crippen molar-refractivity contribution in [3.8, 4) is 0 Å². The van der Waals surface area contributed by atoms with Crippen LogP contribution in [0.15, 0.2) is 28.9 Å². The van der Waals surface area contributed by atoms with Gasteiger partial charge in [-0.1, -0.05) is 17.3 Å². The van der Waals surface area contributed by atoms with Crippen LogP contribution in [0.25, 0.3) is 10.9 Å². The predicted molar refractivity (Wildman–Crippen MR) is 75.4 cm³/mol. The van der Waals surface area contributed by atoms with Gasteiger partial charge in [-0.15, -0.1) is 0 Å². The molecule has 21 heavy (non-hydrogen) atoms. The highest BCUT2D eigenvalue weighted by Crippen LogP contribution is 2.21. The fourth-order valence-electron chi connectivity index (χ4n) is 1.96. The lowest BCUT2D eigenvalue weighted by Gasteiger charge is -2.13. The van der Waals surface area contributed by atoms with Gasteiger partial charge in [0, 0.05) is 11.8 Å². The Balaban J connectivity index is 1.85. The van der Waals surface area contributed by atoms with E-state index in [9.17, 15) is 4.79 Å². The van der Waals surface area contributed by atoms with Crippen LogP contribution in [-0.2, 0) is 16.6 Å². The molecule has 2 heterocycles. The number of nitrogens with zero attached hydrogens (tertiary/aromatic N) is 3. The zero-order valence-electron chi connectivity index (χ0n) is 11.8. The highest BCUT2D eigenvalue weighted by molar-refractivity contribution is 5.84. The summed E-state index contributed by atoms with van der Waals surface area (Å²) in [6, 6.07) is 5.94. The number of hydrogen-bond acceptors (Lipinski definition) is 5. The monoisotopic (exact) mass is 285 g/mol. The molecular weight excluding hydrogens is 270 g/mol. The van der Waals surface area contributed by atoms with Gasteiger partial charge in [-0.2, -0.15) is 10.1 Å². The van der Waals surface area contributed by atoms with E-state index in [1.807, 2.05) is 18.2 Å². The molecule has 0 radical (unpaired) electrons. The predicted octanol–water partition coefficient (Wildman–Crippen LogP) is 1.30. The Morgan fingerprint density at radius 2 is 2.24 bits per heavy atom. The maximum absolute atomic E-state index is 11.4. The molecule has 3 aromatic rings. The fraction of sp³-hybridized carbons (Fsp3) is 0.286. The van der Waals surface area contributed by atoms with Crippen molar-refractivity contribution in [1.82, 2.24) is 20.3 Å². The van der Waals surface area contributed by atoms with E-state index in [-0.39, 0.29) is 5.89 Å². The quantitative estimate of drug-likeness (QED) is 0.750. The van der Waals surface area contributed by atoms with Gasteiger partial charge >= 0.3 is 0 Å². The van der Waals surface area contributed by atoms with E-state index in [2.05, 4.69) is 20.3 Å². The zero-order chi connectivity index (χ0) is 15.0. The molecule has 3 N–H and O–H groups in total. The molecule has 0 saturated carbocycles. The second-order valence-corrected chi connectivity index (χ2v) is 5.47. The number of fused-ring (bicyclic) bond motifs is 1. The van der Waals surface area contributed by atoms with Gasteiger partial charge in [0.25, 0.3) is 0 Å². The molecule has 0 bridgehead atoms. The third-order valence-corrected chi connectivity index (χ3v) is 3.49. The highest BCUT2D eigenvalue weighted by Gasteiger charge is 2.33. The van der Waals surface area contributed by atoms with E-state index in [1.54, 1.807) is 20.0 Å². The van der Waals surface area contributed by atoms with Crippen LogP contribution in [0.3, 0.4) is 0 Å². The smallest absolute Gasteiger partial charge is 0.241 e. The average Bonchev–Trinajstić information content (AvgIpc) is 3.06. The van der Waals surface area contributed by atoms with Crippen LogP contribution >= 0.6 is 0 Å². The minimum absolute atomic E-state index is 0.229. The first-order chi connectivity index (χ1) is 9.96. The van der Waals surface area contributed by atoms with Crippen molar-refractivity contribution in [2.75, 3.05) is 0 Å². The summed E-state index contributed by atoms with van der Waals surface area (Å²) in [7, 11) is 0. The molecule has 3 rings (SSSR count). The van der Waals surface area contributed by atoms with Crippen molar-refractivity contribution in [2.45, 2.75) is 25.7 Å². The first-order valence-corrected chi connectivity index (χ1v) is 6.52. The Bertz CT molecular complexity index is 802. The summed E-state index contributed by atoms with van der Waals surface area (Å²) in [6.45, 7) is 3.31. The maximum atomic E-state index is 11.4. The van der Waals surface area contributed by atoms with Gasteiger partial charge in [0.15, 0.2) is 5.82 Å². The van der Waals surface area contributed by atoms with Crippen LogP contribution in [-0.4, -0.2) is 26.2 Å². The van der Waals surface area contributed by atoms with E-state index in [0.717, 1.165) is 16.5 Å². The molecule has 7 nitrogen and oxygen atoms in total. The summed E-state index contributed by atoms with van der Waals surface area (Å²) in [4.78, 5) is 15.7. The summed E-state index contributed by atoms with van der Waals surface area (Å²) in [5.74, 6) is 0.238. The fourth-order valence-corrected chi connectivity index (χ4v) is 1.96. The third kappa shape index (κ3) is 2.37. The third-order valence-electron chi connectivity index (χ3n) is 3.49. The molecule has 0 spiro atoms. The molecule has 7 heteroatoms. The molecule has 0 unspecified atom stereocenters. The van der Waals surface area contributed by atoms with E-state index in [1.165, 1.54) is 0 Å². The number of carbonyl (C=O) groups is 1. The summed E-state index contributed by atoms with van der Waals surface area (Å²) in [6.07, 6.45) is 2.27. The van der Waals surface area contributed by atoms with Crippen molar-refractivity contribution in [3.05, 3.63) is 41.7 Å². The van der Waals surface area contributed by atoms with E-state index < -0.39 is 11.3 Å². The average molecular weight is 285 g/mol. The van der Waals surface area contributed by atoms with E-state index in [0.29, 0.717) is 12.2 Å². The molecule has 0 saturated heterocycles. The molecule has 108 valence electrons. The number of primary amides is 1. The Morgan fingerprint density at radius 1 is 1.43 bits per heavy atom. The van der Waals surface area contributed by atoms with Gasteiger partial charge in [-0.25, -0.2) is 0 Å². The van der Waals surface area contributed by atoms with E-state index in [4.69, 9.17) is 10.3 Å². The van der Waals surface area contributed by atoms with Crippen LogP contribution in [0.2, 0.25) is 0 Å². The van der Waals surface area contributed by atoms with Crippen LogP contribution in [0, 0.1) is 0 Å². The second kappa shape index (κ2) is 4.69. The normalized spacial score (nSPS) is 11.9. The van der Waals surface area contributed by atoms with Crippen LogP contribution < -0.4 is 5.73 Å². The summed E-state index contributed by atoms with van der Waals surface area (Å²) < 4.78 is 5.15. The van der Waals surface area contributed by atoms with Crippen LogP contribution in [0.4, 0.5) is 0 Å². The largest absolute Gasteiger partial charge is 0.369 e. The number of H-pyrrole nitrogens is 1. The molecule has 0 aliphatic rings. The molecule has 0 fully saturated rings. The number of aromatic nitrogens is 4.